The van der Waals surface area contributed by atoms with Crippen LogP contribution in [0.5, 0.6) is 5.88 Å². The fourth-order valence-electron chi connectivity index (χ4n) is 2.86. The Morgan fingerprint density at radius 2 is 2.08 bits per heavy atom. The molecule has 0 radical (unpaired) electrons. The number of nitriles is 1. The van der Waals surface area contributed by atoms with E-state index >= 15 is 0 Å². The lowest BCUT2D eigenvalue weighted by Crippen LogP contribution is -2.47. The summed E-state index contributed by atoms with van der Waals surface area (Å²) in [7, 11) is 0. The highest BCUT2D eigenvalue weighted by Crippen LogP contribution is 2.31. The van der Waals surface area contributed by atoms with Gasteiger partial charge in [0.2, 0.25) is 5.88 Å². The van der Waals surface area contributed by atoms with E-state index in [1.807, 2.05) is 0 Å². The van der Waals surface area contributed by atoms with Crippen molar-refractivity contribution in [2.45, 2.75) is 31.2 Å². The molecule has 1 aliphatic carbocycles. The summed E-state index contributed by atoms with van der Waals surface area (Å²) >= 11 is 12.1. The summed E-state index contributed by atoms with van der Waals surface area (Å²) in [6.07, 6.45) is 4.50. The Morgan fingerprint density at radius 3 is 2.79 bits per heavy atom. The molecule has 8 heteroatoms. The first kappa shape index (κ1) is 16.7. The molecule has 124 valence electrons. The SMILES string of the molecule is N#CC1(NC(=O)COc2ncnc3c(Cl)cc(Cl)cc23)CCCC1. The molecular formula is C16H14Cl2N4O2. The van der Waals surface area contributed by atoms with E-state index in [1.165, 1.54) is 6.33 Å². The molecule has 1 heterocycles. The summed E-state index contributed by atoms with van der Waals surface area (Å²) in [6.45, 7) is -0.250. The fraction of sp³-hybridized carbons (Fsp3) is 0.375. The first-order valence-electron chi connectivity index (χ1n) is 7.48. The molecule has 3 rings (SSSR count). The number of hydrogen-bond donors (Lipinski definition) is 1. The number of amides is 1. The molecule has 1 aliphatic rings. The minimum atomic E-state index is -0.777. The van der Waals surface area contributed by atoms with Crippen LogP contribution in [-0.2, 0) is 4.79 Å². The minimum Gasteiger partial charge on any atom is -0.467 e. The van der Waals surface area contributed by atoms with Gasteiger partial charge in [0.25, 0.3) is 5.91 Å². The van der Waals surface area contributed by atoms with Crippen molar-refractivity contribution in [3.05, 3.63) is 28.5 Å². The van der Waals surface area contributed by atoms with Crippen molar-refractivity contribution in [3.63, 3.8) is 0 Å². The van der Waals surface area contributed by atoms with Crippen molar-refractivity contribution in [1.29, 1.82) is 5.26 Å². The number of halogens is 2. The van der Waals surface area contributed by atoms with Gasteiger partial charge in [0.05, 0.1) is 22.0 Å². The van der Waals surface area contributed by atoms with Gasteiger partial charge in [-0.15, -0.1) is 0 Å². The maximum Gasteiger partial charge on any atom is 0.259 e. The number of carbonyl (C=O) groups excluding carboxylic acids is 1. The molecule has 0 atom stereocenters. The summed E-state index contributed by atoms with van der Waals surface area (Å²) in [5.74, 6) is -0.143. The van der Waals surface area contributed by atoms with Crippen LogP contribution >= 0.6 is 23.2 Å². The third-order valence-corrected chi connectivity index (χ3v) is 4.52. The Bertz CT molecular complexity index is 829. The summed E-state index contributed by atoms with van der Waals surface area (Å²) in [6, 6.07) is 5.41. The molecule has 24 heavy (non-hydrogen) atoms. The van der Waals surface area contributed by atoms with Gasteiger partial charge in [0, 0.05) is 5.02 Å². The highest BCUT2D eigenvalue weighted by molar-refractivity contribution is 6.38. The van der Waals surface area contributed by atoms with Crippen LogP contribution < -0.4 is 10.1 Å². The van der Waals surface area contributed by atoms with Crippen LogP contribution in [0, 0.1) is 11.3 Å². The van der Waals surface area contributed by atoms with Crippen LogP contribution in [0.15, 0.2) is 18.5 Å². The molecule has 6 nitrogen and oxygen atoms in total. The van der Waals surface area contributed by atoms with Gasteiger partial charge in [-0.3, -0.25) is 4.79 Å². The maximum absolute atomic E-state index is 12.1. The third-order valence-electron chi connectivity index (χ3n) is 4.01. The van der Waals surface area contributed by atoms with Crippen LogP contribution in [0.3, 0.4) is 0 Å². The number of benzene rings is 1. The molecule has 0 bridgehead atoms. The van der Waals surface area contributed by atoms with E-state index in [-0.39, 0.29) is 18.4 Å². The van der Waals surface area contributed by atoms with Crippen LogP contribution in [0.2, 0.25) is 10.0 Å². The number of aromatic nitrogens is 2. The van der Waals surface area contributed by atoms with Gasteiger partial charge in [-0.05, 0) is 37.8 Å². The Balaban J connectivity index is 1.74. The summed E-state index contributed by atoms with van der Waals surface area (Å²) in [5.41, 5.74) is -0.281. The quantitative estimate of drug-likeness (QED) is 0.899. The number of rotatable bonds is 4. The summed E-state index contributed by atoms with van der Waals surface area (Å²) in [5, 5.41) is 13.4. The molecule has 0 unspecified atom stereocenters. The van der Waals surface area contributed by atoms with E-state index in [0.29, 0.717) is 33.8 Å². The predicted octanol–water partition coefficient (Wildman–Crippen LogP) is 3.27. The van der Waals surface area contributed by atoms with Crippen LogP contribution in [0.25, 0.3) is 10.9 Å². The molecule has 1 amide bonds. The van der Waals surface area contributed by atoms with E-state index in [0.717, 1.165) is 12.8 Å². The average Bonchev–Trinajstić information content (AvgIpc) is 3.02. The van der Waals surface area contributed by atoms with Crippen LogP contribution in [0.1, 0.15) is 25.7 Å². The van der Waals surface area contributed by atoms with Crippen LogP contribution in [-0.4, -0.2) is 28.0 Å². The second-order valence-electron chi connectivity index (χ2n) is 5.70. The van der Waals surface area contributed by atoms with Gasteiger partial charge in [0.15, 0.2) is 6.61 Å². The summed E-state index contributed by atoms with van der Waals surface area (Å²) < 4.78 is 5.50. The Labute approximate surface area is 148 Å². The second kappa shape index (κ2) is 6.80. The molecule has 2 aromatic rings. The second-order valence-corrected chi connectivity index (χ2v) is 6.54. The predicted molar refractivity (Wildman–Crippen MR) is 90.0 cm³/mol. The zero-order valence-electron chi connectivity index (χ0n) is 12.7. The largest absolute Gasteiger partial charge is 0.467 e. The summed E-state index contributed by atoms with van der Waals surface area (Å²) in [4.78, 5) is 20.3. The number of hydrogen-bond acceptors (Lipinski definition) is 5. The van der Waals surface area contributed by atoms with Gasteiger partial charge in [-0.1, -0.05) is 23.2 Å². The molecule has 1 aromatic carbocycles. The van der Waals surface area contributed by atoms with E-state index in [1.54, 1.807) is 12.1 Å². The minimum absolute atomic E-state index is 0.219. The van der Waals surface area contributed by atoms with Gasteiger partial charge >= 0.3 is 0 Å². The molecular weight excluding hydrogens is 351 g/mol. The number of nitrogens with zero attached hydrogens (tertiary/aromatic N) is 3. The van der Waals surface area contributed by atoms with Crippen molar-refractivity contribution in [1.82, 2.24) is 15.3 Å². The molecule has 1 aromatic heterocycles. The van der Waals surface area contributed by atoms with E-state index in [9.17, 15) is 10.1 Å². The number of carbonyl (C=O) groups is 1. The number of nitrogens with one attached hydrogen (secondary N) is 1. The number of ether oxygens (including phenoxy) is 1. The van der Waals surface area contributed by atoms with Crippen molar-refractivity contribution < 1.29 is 9.53 Å². The highest BCUT2D eigenvalue weighted by Gasteiger charge is 2.35. The highest BCUT2D eigenvalue weighted by atomic mass is 35.5. The topological polar surface area (TPSA) is 87.9 Å². The average molecular weight is 365 g/mol. The van der Waals surface area contributed by atoms with E-state index in [4.69, 9.17) is 27.9 Å². The monoisotopic (exact) mass is 364 g/mol. The standard InChI is InChI=1S/C16H14Cl2N4O2/c17-10-5-11-14(12(18)6-10)20-9-21-15(11)24-7-13(23)22-16(8-19)3-1-2-4-16/h5-6,9H,1-4,7H2,(H,22,23). The lowest BCUT2D eigenvalue weighted by Gasteiger charge is -2.21. The molecule has 1 fully saturated rings. The number of fused-ring (bicyclic) bond motifs is 1. The third kappa shape index (κ3) is 3.37. The molecule has 1 saturated carbocycles. The molecule has 0 spiro atoms. The van der Waals surface area contributed by atoms with E-state index in [2.05, 4.69) is 21.4 Å². The van der Waals surface area contributed by atoms with Crippen LogP contribution in [0.4, 0.5) is 0 Å². The zero-order valence-corrected chi connectivity index (χ0v) is 14.2. The van der Waals surface area contributed by atoms with Gasteiger partial charge in [-0.2, -0.15) is 5.26 Å². The Kier molecular flexibility index (Phi) is 4.74. The van der Waals surface area contributed by atoms with Gasteiger partial charge in [-0.25, -0.2) is 9.97 Å². The zero-order chi connectivity index (χ0) is 17.2. The Hall–Kier alpha value is -2.10. The van der Waals surface area contributed by atoms with Gasteiger partial charge in [0.1, 0.15) is 11.9 Å². The first-order valence-corrected chi connectivity index (χ1v) is 8.23. The molecule has 0 saturated heterocycles. The maximum atomic E-state index is 12.1. The normalized spacial score (nSPS) is 15.9. The van der Waals surface area contributed by atoms with Gasteiger partial charge < -0.3 is 10.1 Å². The van der Waals surface area contributed by atoms with E-state index < -0.39 is 5.54 Å². The smallest absolute Gasteiger partial charge is 0.259 e. The fourth-order valence-corrected chi connectivity index (χ4v) is 3.41. The van der Waals surface area contributed by atoms with Crippen molar-refractivity contribution in [2.75, 3.05) is 6.61 Å². The lowest BCUT2D eigenvalue weighted by molar-refractivity contribution is -0.124. The lowest BCUT2D eigenvalue weighted by atomic mass is 10.00. The van der Waals surface area contributed by atoms with Crippen molar-refractivity contribution >= 4 is 40.0 Å². The molecule has 1 N–H and O–H groups in total. The first-order chi connectivity index (χ1) is 11.5. The molecule has 0 aliphatic heterocycles. The van der Waals surface area contributed by atoms with Crippen molar-refractivity contribution in [2.24, 2.45) is 0 Å². The van der Waals surface area contributed by atoms with Crippen molar-refractivity contribution in [3.8, 4) is 11.9 Å². The Morgan fingerprint density at radius 1 is 1.33 bits per heavy atom.